The molecule has 0 aliphatic heterocycles. The molecule has 0 bridgehead atoms. The van der Waals surface area contributed by atoms with Crippen LogP contribution in [0.25, 0.3) is 0 Å². The average molecular weight is 163 g/mol. The number of alkyl halides is 1. The first-order valence-corrected chi connectivity index (χ1v) is 4.10. The van der Waals surface area contributed by atoms with Crippen LogP contribution < -0.4 is 0 Å². The van der Waals surface area contributed by atoms with E-state index in [1.165, 1.54) is 0 Å². The largest absolute Gasteiger partial charge is 0.499 e. The predicted octanol–water partition coefficient (Wildman–Crippen LogP) is 2.80. The Morgan fingerprint density at radius 3 is 2.70 bits per heavy atom. The van der Waals surface area contributed by atoms with Crippen LogP contribution in [0.3, 0.4) is 0 Å². The summed E-state index contributed by atoms with van der Waals surface area (Å²) in [7, 11) is 0. The molecule has 1 atom stereocenters. The summed E-state index contributed by atoms with van der Waals surface area (Å²) in [6.07, 6.45) is 0.872. The molecule has 0 spiro atoms. The summed E-state index contributed by atoms with van der Waals surface area (Å²) in [6, 6.07) is 0. The zero-order valence-corrected chi connectivity index (χ0v) is 7.45. The summed E-state index contributed by atoms with van der Waals surface area (Å²) < 4.78 is 5.16. The zero-order chi connectivity index (χ0) is 7.98. The fraction of sp³-hybridized carbons (Fsp3) is 0.750. The Kier molecular flexibility index (Phi) is 5.51. The molecule has 0 aliphatic carbocycles. The smallest absolute Gasteiger partial charge is 0.0891 e. The number of ether oxygens (including phenoxy) is 1. The van der Waals surface area contributed by atoms with E-state index in [2.05, 4.69) is 13.5 Å². The molecule has 10 heavy (non-hydrogen) atoms. The highest BCUT2D eigenvalue weighted by molar-refractivity contribution is 6.18. The molecule has 0 fully saturated rings. The summed E-state index contributed by atoms with van der Waals surface area (Å²) in [5.41, 5.74) is 0. The molecule has 60 valence electrons. The second-order valence-corrected chi connectivity index (χ2v) is 2.74. The van der Waals surface area contributed by atoms with Crippen molar-refractivity contribution < 1.29 is 4.74 Å². The third-order valence-electron chi connectivity index (χ3n) is 1.19. The summed E-state index contributed by atoms with van der Waals surface area (Å²) in [5, 5.41) is 0. The average Bonchev–Trinajstić information content (AvgIpc) is 1.88. The van der Waals surface area contributed by atoms with Gasteiger partial charge in [0.15, 0.2) is 0 Å². The molecule has 0 aromatic rings. The van der Waals surface area contributed by atoms with Crippen molar-refractivity contribution in [3.63, 3.8) is 0 Å². The number of hydrogen-bond acceptors (Lipinski definition) is 1. The second kappa shape index (κ2) is 5.60. The highest BCUT2D eigenvalue weighted by Crippen LogP contribution is 2.11. The van der Waals surface area contributed by atoms with Crippen LogP contribution in [0.15, 0.2) is 12.3 Å². The Labute approximate surface area is 68.0 Å². The van der Waals surface area contributed by atoms with Gasteiger partial charge in [0.1, 0.15) is 0 Å². The maximum Gasteiger partial charge on any atom is 0.0891 e. The predicted molar refractivity (Wildman–Crippen MR) is 45.3 cm³/mol. The van der Waals surface area contributed by atoms with E-state index in [1.54, 1.807) is 0 Å². The lowest BCUT2D eigenvalue weighted by molar-refractivity contribution is 0.212. The monoisotopic (exact) mass is 162 g/mol. The van der Waals surface area contributed by atoms with Gasteiger partial charge in [-0.3, -0.25) is 0 Å². The molecule has 0 aromatic carbocycles. The van der Waals surface area contributed by atoms with Gasteiger partial charge in [0, 0.05) is 12.3 Å². The van der Waals surface area contributed by atoms with Gasteiger partial charge in [-0.25, -0.2) is 0 Å². The van der Waals surface area contributed by atoms with Crippen LogP contribution in [0.2, 0.25) is 0 Å². The molecule has 0 radical (unpaired) electrons. The second-order valence-electron chi connectivity index (χ2n) is 2.44. The quantitative estimate of drug-likeness (QED) is 0.446. The fourth-order valence-corrected chi connectivity index (χ4v) is 0.815. The van der Waals surface area contributed by atoms with Gasteiger partial charge in [0.2, 0.25) is 0 Å². The molecule has 2 heteroatoms. The number of hydrogen-bond donors (Lipinski definition) is 0. The Balaban J connectivity index is 3.37. The van der Waals surface area contributed by atoms with Crippen LogP contribution in [0.5, 0.6) is 0 Å². The molecule has 0 saturated heterocycles. The standard InChI is InChI=1S/C8H15ClO/c1-4-10-8(3)5-7(2)6-9/h7H,3-6H2,1-2H3. The van der Waals surface area contributed by atoms with Crippen molar-refractivity contribution in [3.8, 4) is 0 Å². The van der Waals surface area contributed by atoms with Crippen molar-refractivity contribution in [2.75, 3.05) is 12.5 Å². The van der Waals surface area contributed by atoms with E-state index in [9.17, 15) is 0 Å². The van der Waals surface area contributed by atoms with Crippen LogP contribution in [0.4, 0.5) is 0 Å². The van der Waals surface area contributed by atoms with Crippen LogP contribution in [-0.4, -0.2) is 12.5 Å². The third-order valence-corrected chi connectivity index (χ3v) is 1.71. The van der Waals surface area contributed by atoms with Crippen molar-refractivity contribution >= 4 is 11.6 Å². The Morgan fingerprint density at radius 2 is 2.30 bits per heavy atom. The van der Waals surface area contributed by atoms with Gasteiger partial charge in [0.05, 0.1) is 12.4 Å². The van der Waals surface area contributed by atoms with E-state index in [4.69, 9.17) is 16.3 Å². The molecular weight excluding hydrogens is 148 g/mol. The maximum absolute atomic E-state index is 5.60. The van der Waals surface area contributed by atoms with E-state index in [0.717, 1.165) is 12.2 Å². The van der Waals surface area contributed by atoms with Gasteiger partial charge in [-0.1, -0.05) is 13.5 Å². The summed E-state index contributed by atoms with van der Waals surface area (Å²) in [6.45, 7) is 8.49. The topological polar surface area (TPSA) is 9.23 Å². The summed E-state index contributed by atoms with van der Waals surface area (Å²) >= 11 is 5.60. The molecular formula is C8H15ClO. The minimum atomic E-state index is 0.473. The van der Waals surface area contributed by atoms with Crippen LogP contribution >= 0.6 is 11.6 Å². The van der Waals surface area contributed by atoms with Crippen LogP contribution in [-0.2, 0) is 4.74 Å². The molecule has 0 saturated carbocycles. The van der Waals surface area contributed by atoms with E-state index >= 15 is 0 Å². The highest BCUT2D eigenvalue weighted by Gasteiger charge is 2.02. The summed E-state index contributed by atoms with van der Waals surface area (Å²) in [4.78, 5) is 0. The number of halogens is 1. The molecule has 0 N–H and O–H groups in total. The Hall–Kier alpha value is -0.170. The maximum atomic E-state index is 5.60. The molecule has 1 nitrogen and oxygen atoms in total. The molecule has 0 heterocycles. The van der Waals surface area contributed by atoms with Gasteiger partial charge in [-0.05, 0) is 12.8 Å². The molecule has 0 aliphatic rings. The van der Waals surface area contributed by atoms with Crippen LogP contribution in [0, 0.1) is 5.92 Å². The first kappa shape index (κ1) is 9.83. The lowest BCUT2D eigenvalue weighted by atomic mass is 10.1. The SMILES string of the molecule is C=C(CC(C)CCl)OCC. The normalized spacial score (nSPS) is 12.7. The Bertz CT molecular complexity index is 101. The first-order valence-electron chi connectivity index (χ1n) is 3.57. The lowest BCUT2D eigenvalue weighted by Gasteiger charge is -2.09. The van der Waals surface area contributed by atoms with Gasteiger partial charge >= 0.3 is 0 Å². The fourth-order valence-electron chi connectivity index (χ4n) is 0.706. The van der Waals surface area contributed by atoms with E-state index < -0.39 is 0 Å². The van der Waals surface area contributed by atoms with Crippen molar-refractivity contribution in [1.82, 2.24) is 0 Å². The van der Waals surface area contributed by atoms with E-state index in [1.807, 2.05) is 6.92 Å². The minimum Gasteiger partial charge on any atom is -0.499 e. The molecule has 0 rings (SSSR count). The number of allylic oxidation sites excluding steroid dienone is 1. The van der Waals surface area contributed by atoms with Gasteiger partial charge in [-0.2, -0.15) is 0 Å². The first-order chi connectivity index (χ1) is 4.70. The minimum absolute atomic E-state index is 0.473. The van der Waals surface area contributed by atoms with Crippen LogP contribution in [0.1, 0.15) is 20.3 Å². The highest BCUT2D eigenvalue weighted by atomic mass is 35.5. The molecule has 1 unspecified atom stereocenters. The lowest BCUT2D eigenvalue weighted by Crippen LogP contribution is -2.00. The van der Waals surface area contributed by atoms with Gasteiger partial charge in [0.25, 0.3) is 0 Å². The van der Waals surface area contributed by atoms with E-state index in [0.29, 0.717) is 18.4 Å². The van der Waals surface area contributed by atoms with Gasteiger partial charge in [-0.15, -0.1) is 11.6 Å². The summed E-state index contributed by atoms with van der Waals surface area (Å²) in [5.74, 6) is 1.99. The van der Waals surface area contributed by atoms with E-state index in [-0.39, 0.29) is 0 Å². The van der Waals surface area contributed by atoms with Crippen molar-refractivity contribution in [2.45, 2.75) is 20.3 Å². The van der Waals surface area contributed by atoms with Crippen molar-refractivity contribution in [2.24, 2.45) is 5.92 Å². The molecule has 0 amide bonds. The third kappa shape index (κ3) is 4.68. The Morgan fingerprint density at radius 1 is 1.70 bits per heavy atom. The van der Waals surface area contributed by atoms with Gasteiger partial charge < -0.3 is 4.74 Å². The zero-order valence-electron chi connectivity index (χ0n) is 6.69. The molecule has 0 aromatic heterocycles. The number of rotatable bonds is 5. The van der Waals surface area contributed by atoms with Crippen molar-refractivity contribution in [3.05, 3.63) is 12.3 Å². The van der Waals surface area contributed by atoms with Crippen molar-refractivity contribution in [1.29, 1.82) is 0 Å².